The standard InChI is InChI=1S/C28H24NO.C17H22NSi.Ir/c1-3-19(4-2)21-16-17-29-25(18-21)23-13-8-14-24-27-22(20-10-6-5-7-11-20)12-9-15-26(27)30-28(23)24;1-13(2)15-11-16(14-9-7-6-8-10-14)18-12-17(15)19(3,4)5;/h5-12,14-19H,3-4H2,1-2H3;6-9,11-13H,1-5H3;/q2*-1;. The number of rotatable bonds is 8. The molecule has 0 saturated carbocycles. The van der Waals surface area contributed by atoms with Gasteiger partial charge < -0.3 is 14.4 Å². The smallest absolute Gasteiger partial charge is 0.121 e. The van der Waals surface area contributed by atoms with Gasteiger partial charge >= 0.3 is 0 Å². The van der Waals surface area contributed by atoms with Crippen molar-refractivity contribution in [2.75, 3.05) is 0 Å². The molecule has 0 spiro atoms. The van der Waals surface area contributed by atoms with Crippen LogP contribution >= 0.6 is 0 Å². The Kier molecular flexibility index (Phi) is 12.1. The van der Waals surface area contributed by atoms with Crippen molar-refractivity contribution in [1.29, 1.82) is 0 Å². The topological polar surface area (TPSA) is 38.9 Å². The number of pyridine rings is 2. The molecule has 0 fully saturated rings. The third-order valence-corrected chi connectivity index (χ3v) is 11.4. The molecule has 3 heterocycles. The first kappa shape index (κ1) is 37.1. The molecule has 0 N–H and O–H groups in total. The fraction of sp³-hybridized carbons (Fsp3) is 0.244. The van der Waals surface area contributed by atoms with Gasteiger partial charge in [-0.2, -0.15) is 0 Å². The van der Waals surface area contributed by atoms with E-state index >= 15 is 0 Å². The third kappa shape index (κ3) is 7.91. The van der Waals surface area contributed by atoms with E-state index in [1.165, 1.54) is 27.4 Å². The zero-order valence-corrected chi connectivity index (χ0v) is 33.6. The van der Waals surface area contributed by atoms with Gasteiger partial charge in [0.25, 0.3) is 0 Å². The monoisotopic (exact) mass is 851 g/mol. The van der Waals surface area contributed by atoms with Crippen molar-refractivity contribution in [3.8, 4) is 33.6 Å². The zero-order valence-electron chi connectivity index (χ0n) is 30.2. The molecule has 0 atom stereocenters. The molecule has 0 bridgehead atoms. The molecule has 5 heteroatoms. The van der Waals surface area contributed by atoms with Crippen LogP contribution in [0.1, 0.15) is 63.5 Å². The molecular formula is C45H46IrN2OSi-2. The molecule has 7 aromatic rings. The number of furan rings is 1. The fourth-order valence-electron chi connectivity index (χ4n) is 6.71. The van der Waals surface area contributed by atoms with E-state index < -0.39 is 8.07 Å². The van der Waals surface area contributed by atoms with Crippen LogP contribution < -0.4 is 5.19 Å². The normalized spacial score (nSPS) is 11.5. The van der Waals surface area contributed by atoms with Crippen LogP contribution in [0.15, 0.2) is 120 Å². The summed E-state index contributed by atoms with van der Waals surface area (Å²) < 4.78 is 6.38. The Morgan fingerprint density at radius 1 is 0.760 bits per heavy atom. The molecular weight excluding hydrogens is 805 g/mol. The summed E-state index contributed by atoms with van der Waals surface area (Å²) in [6, 6.07) is 42.1. The maximum absolute atomic E-state index is 6.38. The second-order valence-electron chi connectivity index (χ2n) is 14.1. The number of aromatic nitrogens is 2. The van der Waals surface area contributed by atoms with E-state index in [0.717, 1.165) is 57.3 Å². The predicted octanol–water partition coefficient (Wildman–Crippen LogP) is 12.2. The molecule has 0 aliphatic carbocycles. The van der Waals surface area contributed by atoms with Crippen LogP contribution in [-0.4, -0.2) is 18.0 Å². The van der Waals surface area contributed by atoms with E-state index in [0.29, 0.717) is 11.8 Å². The third-order valence-electron chi connectivity index (χ3n) is 9.39. The first-order valence-corrected chi connectivity index (χ1v) is 21.0. The summed E-state index contributed by atoms with van der Waals surface area (Å²) in [4.78, 5) is 9.33. The van der Waals surface area contributed by atoms with E-state index in [1.54, 1.807) is 0 Å². The second-order valence-corrected chi connectivity index (χ2v) is 19.1. The quantitative estimate of drug-likeness (QED) is 0.113. The Balaban J connectivity index is 0.000000211. The maximum Gasteiger partial charge on any atom is 0.121 e. The largest absolute Gasteiger partial charge is 0.501 e. The summed E-state index contributed by atoms with van der Waals surface area (Å²) in [7, 11) is -1.34. The number of hydrogen-bond acceptors (Lipinski definition) is 3. The van der Waals surface area contributed by atoms with E-state index in [2.05, 4.69) is 142 Å². The van der Waals surface area contributed by atoms with Gasteiger partial charge in [-0.3, -0.25) is 0 Å². The summed E-state index contributed by atoms with van der Waals surface area (Å²) in [6.07, 6.45) is 6.25. The van der Waals surface area contributed by atoms with Gasteiger partial charge in [0.05, 0.1) is 13.7 Å². The molecule has 3 nitrogen and oxygen atoms in total. The molecule has 0 aliphatic heterocycles. The summed E-state index contributed by atoms with van der Waals surface area (Å²) in [5.74, 6) is 1.08. The SMILES string of the molecule is CC(C)c1cc(-c2[c-]cccc2)ncc1[Si](C)(C)C.CCC(CC)c1ccnc(-c2[c-]ccc3c2oc2cccc(-c4ccccc4)c23)c1.[Ir]. The van der Waals surface area contributed by atoms with Gasteiger partial charge in [-0.1, -0.05) is 124 Å². The van der Waals surface area contributed by atoms with Crippen molar-refractivity contribution < 1.29 is 24.5 Å². The van der Waals surface area contributed by atoms with Gasteiger partial charge in [0.1, 0.15) is 5.58 Å². The van der Waals surface area contributed by atoms with Crippen LogP contribution in [0, 0.1) is 12.1 Å². The van der Waals surface area contributed by atoms with Gasteiger partial charge in [-0.15, -0.1) is 54.1 Å². The van der Waals surface area contributed by atoms with Crippen LogP contribution in [-0.2, 0) is 20.1 Å². The Hall–Kier alpha value is -4.15. The van der Waals surface area contributed by atoms with E-state index in [9.17, 15) is 0 Å². The molecule has 1 radical (unpaired) electrons. The van der Waals surface area contributed by atoms with Crippen LogP contribution in [0.2, 0.25) is 19.6 Å². The van der Waals surface area contributed by atoms with Crippen molar-refractivity contribution in [3.63, 3.8) is 0 Å². The minimum Gasteiger partial charge on any atom is -0.501 e. The number of nitrogens with zero attached hydrogens (tertiary/aromatic N) is 2. The molecule has 0 unspecified atom stereocenters. The average Bonchev–Trinajstić information content (AvgIpc) is 3.52. The van der Waals surface area contributed by atoms with Gasteiger partial charge in [0.15, 0.2) is 0 Å². The minimum absolute atomic E-state index is 0. The van der Waals surface area contributed by atoms with E-state index in [1.807, 2.05) is 42.6 Å². The molecule has 0 aliphatic rings. The molecule has 0 amide bonds. The number of hydrogen-bond donors (Lipinski definition) is 0. The first-order chi connectivity index (χ1) is 23.7. The predicted molar refractivity (Wildman–Crippen MR) is 210 cm³/mol. The Bertz CT molecular complexity index is 2160. The number of benzene rings is 4. The maximum atomic E-state index is 6.38. The average molecular weight is 851 g/mol. The Morgan fingerprint density at radius 3 is 2.20 bits per heavy atom. The van der Waals surface area contributed by atoms with Crippen LogP contribution in [0.25, 0.3) is 55.6 Å². The fourth-order valence-corrected chi connectivity index (χ4v) is 8.39. The van der Waals surface area contributed by atoms with Crippen molar-refractivity contribution in [2.45, 2.75) is 72.0 Å². The van der Waals surface area contributed by atoms with Gasteiger partial charge in [-0.05, 0) is 64.5 Å². The van der Waals surface area contributed by atoms with Crippen LogP contribution in [0.3, 0.4) is 0 Å². The minimum atomic E-state index is -1.34. The second kappa shape index (κ2) is 16.2. The van der Waals surface area contributed by atoms with Crippen molar-refractivity contribution >= 4 is 35.2 Å². The molecule has 0 saturated heterocycles. The van der Waals surface area contributed by atoms with E-state index in [-0.39, 0.29) is 20.1 Å². The van der Waals surface area contributed by atoms with Gasteiger partial charge in [0, 0.05) is 37.9 Å². The molecule has 50 heavy (non-hydrogen) atoms. The molecule has 7 rings (SSSR count). The molecule has 257 valence electrons. The van der Waals surface area contributed by atoms with Crippen molar-refractivity contribution in [2.24, 2.45) is 0 Å². The van der Waals surface area contributed by atoms with Crippen molar-refractivity contribution in [1.82, 2.24) is 9.97 Å². The summed E-state index contributed by atoms with van der Waals surface area (Å²) >= 11 is 0. The van der Waals surface area contributed by atoms with Crippen molar-refractivity contribution in [3.05, 3.63) is 139 Å². The van der Waals surface area contributed by atoms with Gasteiger partial charge in [0.2, 0.25) is 0 Å². The number of fused-ring (bicyclic) bond motifs is 3. The Morgan fingerprint density at radius 2 is 1.52 bits per heavy atom. The van der Waals surface area contributed by atoms with Crippen LogP contribution in [0.4, 0.5) is 0 Å². The summed E-state index contributed by atoms with van der Waals surface area (Å²) in [5, 5.41) is 3.72. The summed E-state index contributed by atoms with van der Waals surface area (Å²) in [5.41, 5.74) is 10.8. The van der Waals surface area contributed by atoms with Crippen LogP contribution in [0.5, 0.6) is 0 Å². The zero-order chi connectivity index (χ0) is 34.5. The first-order valence-electron chi connectivity index (χ1n) is 17.5. The Labute approximate surface area is 312 Å². The molecule has 4 aromatic carbocycles. The summed E-state index contributed by atoms with van der Waals surface area (Å²) in [6.45, 7) is 16.1. The molecule has 3 aromatic heterocycles. The van der Waals surface area contributed by atoms with Gasteiger partial charge in [-0.25, -0.2) is 0 Å². The van der Waals surface area contributed by atoms with E-state index in [4.69, 9.17) is 4.42 Å².